The zero-order chi connectivity index (χ0) is 92.4. The number of hydrogen-bond donors (Lipinski definition) is 0. The predicted molar refractivity (Wildman–Crippen MR) is 496 cm³/mol. The van der Waals surface area contributed by atoms with Gasteiger partial charge in [-0.1, -0.05) is 148 Å². The van der Waals surface area contributed by atoms with Gasteiger partial charge in [0, 0.05) is 39.9 Å². The Balaban J connectivity index is 0.0000000905. The Kier molecular flexibility index (Phi) is 25.1. The number of rotatable bonds is 14. The Hall–Kier alpha value is -3.95. The maximum absolute atomic E-state index is 12.3. The van der Waals surface area contributed by atoms with Gasteiger partial charge < -0.3 is 61.6 Å². The smallest absolute Gasteiger partial charge is 0.314 e. The Morgan fingerprint density at radius 3 is 0.910 bits per heavy atom. The van der Waals surface area contributed by atoms with Gasteiger partial charge in [-0.15, -0.1) is 0 Å². The maximum atomic E-state index is 12.3. The number of fused-ring (bicyclic) bond motifs is 42. The van der Waals surface area contributed by atoms with Gasteiger partial charge in [0.05, 0.1) is 143 Å². The fourth-order valence-corrected chi connectivity index (χ4v) is 41.8. The van der Waals surface area contributed by atoms with Crippen LogP contribution in [0.15, 0.2) is 0 Å². The molecule has 14 bridgehead atoms. The fourth-order valence-electron chi connectivity index (χ4n) is 41.8. The number of esters is 7. The summed E-state index contributed by atoms with van der Waals surface area (Å²) in [5.41, 5.74) is 0.0254. The summed E-state index contributed by atoms with van der Waals surface area (Å²) in [6.07, 6.45) is 45.1. The molecule has 16 saturated heterocycles. The van der Waals surface area contributed by atoms with E-state index < -0.39 is 0 Å². The second kappa shape index (κ2) is 35.6. The molecule has 12 aliphatic carbocycles. The van der Waals surface area contributed by atoms with Crippen LogP contribution in [0.25, 0.3) is 0 Å². The molecular formula is C113H170O20. The maximum Gasteiger partial charge on any atom is 0.314 e. The molecule has 20 nitrogen and oxygen atoms in total. The SMILES string of the molecule is CCC1CC(CC)C2C1C1CC2C2(CCOC2=O)C1.CCC1CC(CC)C2C1C1CC2C2(COC(=O)C2)C1.CCC1CC(CC)C2C1C1CC3(CCOC3=O)C2O1.CCC1CC(CC)C2C1C1CC3(COC(=O)C3)C2O1.CCC1OC(CC)C2C1C1CC2C2(CCOC2=O)C1.CCC1OC(CC)C2C1C1CC2C2(COC(=O)C2)C1.CCC1OC(CC)C2C1C1CC3(COC(=O)C3)C2O1. The first-order chi connectivity index (χ1) is 64.4. The van der Waals surface area contributed by atoms with Crippen molar-refractivity contribution < 1.29 is 95.1 Å². The highest BCUT2D eigenvalue weighted by molar-refractivity contribution is 5.82. The molecule has 742 valence electrons. The summed E-state index contributed by atoms with van der Waals surface area (Å²) in [4.78, 5) is 83.1. The highest BCUT2D eigenvalue weighted by Gasteiger charge is 2.77. The minimum Gasteiger partial charge on any atom is -0.465 e. The van der Waals surface area contributed by atoms with E-state index >= 15 is 0 Å². The molecule has 133 heavy (non-hydrogen) atoms. The van der Waals surface area contributed by atoms with Crippen molar-refractivity contribution in [3.63, 3.8) is 0 Å². The average Bonchev–Trinajstić information content (AvgIpc) is 1.50. The van der Waals surface area contributed by atoms with E-state index in [1.807, 2.05) is 0 Å². The van der Waals surface area contributed by atoms with Crippen LogP contribution in [0, 0.1) is 215 Å². The van der Waals surface area contributed by atoms with Crippen LogP contribution in [-0.4, -0.2) is 161 Å². The molecule has 0 aromatic rings. The van der Waals surface area contributed by atoms with Crippen LogP contribution >= 0.6 is 0 Å². The summed E-state index contributed by atoms with van der Waals surface area (Å²) < 4.78 is 75.0. The van der Waals surface area contributed by atoms with E-state index in [9.17, 15) is 33.6 Å². The van der Waals surface area contributed by atoms with Crippen LogP contribution in [0.5, 0.6) is 0 Å². The normalized spacial score (nSPS) is 54.9. The van der Waals surface area contributed by atoms with Gasteiger partial charge in [-0.25, -0.2) is 0 Å². The molecule has 28 rings (SSSR count). The summed E-state index contributed by atoms with van der Waals surface area (Å²) >= 11 is 0. The number of carbonyl (C=O) groups excluding carboxylic acids is 7. The Morgan fingerprint density at radius 1 is 0.226 bits per heavy atom. The Morgan fingerprint density at radius 2 is 0.511 bits per heavy atom. The van der Waals surface area contributed by atoms with E-state index in [1.165, 1.54) is 116 Å². The Bertz CT molecular complexity index is 3850. The van der Waals surface area contributed by atoms with E-state index in [1.54, 1.807) is 0 Å². The largest absolute Gasteiger partial charge is 0.465 e. The van der Waals surface area contributed by atoms with Crippen LogP contribution in [0.2, 0.25) is 0 Å². The zero-order valence-electron chi connectivity index (χ0n) is 83.8. The number of hydrogen-bond acceptors (Lipinski definition) is 20. The molecule has 0 amide bonds. The van der Waals surface area contributed by atoms with Gasteiger partial charge in [-0.05, 0) is 313 Å². The molecule has 7 spiro atoms. The van der Waals surface area contributed by atoms with Gasteiger partial charge in [-0.3, -0.25) is 33.6 Å². The topological polar surface area (TPSA) is 239 Å². The lowest BCUT2D eigenvalue weighted by atomic mass is 9.62. The van der Waals surface area contributed by atoms with Crippen LogP contribution in [0.4, 0.5) is 0 Å². The van der Waals surface area contributed by atoms with Crippen LogP contribution in [0.3, 0.4) is 0 Å². The molecule has 49 unspecified atom stereocenters. The molecule has 0 aromatic carbocycles. The first-order valence-corrected chi connectivity index (χ1v) is 56.4. The molecule has 16 heterocycles. The van der Waals surface area contributed by atoms with E-state index in [2.05, 4.69) is 96.9 Å². The molecule has 28 fully saturated rings. The standard InChI is InChI=1S/2C17H26O2.4C16H24O3.C15H22O4/c1-3-10-5-11(4-2)16-13-6-12(15(10)16)7-17(13)8-14(18)19-9-17;1-3-10-7-11(4-2)15-13-8-12(14(10)15)9-17(13)5-6-19-16(17)18;1-3-11-14-9-5-10(15(14)12(4-2)19-11)16(6-9)7-13(17)18-8-16;1-3-9-5-10(4-2)14-13(9)11-6-16(15(14)19-11)7-12(17)18-8-16;1-3-11-13-9-7-10(14(13)12(4-2)19-11)16(8-9)5-6-18-15(16)17;1-3-9-7-10(4-2)13-12(9)11-8-16(14(13)19-11)5-6-18-15(16)17;1-3-8-12-10-5-15(6-11(16)17-7-15)14(19-10)13(12)9(4-2)18-8/h10-13,15-16H,3-9H2,1-2H3;10-15H,3-9H2,1-2H3;9-12,14-15H,3-8H2,1-2H3;9-11,13-15H,3-8H2,1-2H3;2*9-14H,3-8H2,1-2H3;8-10,12-14H,3-7H2,1-2H3. The third-order valence-electron chi connectivity index (χ3n) is 46.4. The van der Waals surface area contributed by atoms with E-state index in [0.29, 0.717) is 173 Å². The number of ether oxygens (including phenoxy) is 13. The molecule has 0 aromatic heterocycles. The lowest BCUT2D eigenvalue weighted by Gasteiger charge is -2.41. The second-order valence-corrected chi connectivity index (χ2v) is 50.5. The summed E-state index contributed by atoms with van der Waals surface area (Å²) in [5, 5.41) is 0. The first-order valence-electron chi connectivity index (χ1n) is 56.4. The average molecular weight is 1850 g/mol. The summed E-state index contributed by atoms with van der Waals surface area (Å²) in [7, 11) is 0. The second-order valence-electron chi connectivity index (χ2n) is 50.5. The van der Waals surface area contributed by atoms with Gasteiger partial charge in [0.1, 0.15) is 18.6 Å². The van der Waals surface area contributed by atoms with Crippen molar-refractivity contribution >= 4 is 41.8 Å². The number of carbonyl (C=O) groups is 7. The predicted octanol–water partition coefficient (Wildman–Crippen LogP) is 20.3. The van der Waals surface area contributed by atoms with Gasteiger partial charge >= 0.3 is 41.8 Å². The third-order valence-corrected chi connectivity index (χ3v) is 46.4. The molecule has 0 N–H and O–H groups in total. The molecule has 0 radical (unpaired) electrons. The molecular weight excluding hydrogens is 1680 g/mol. The van der Waals surface area contributed by atoms with Crippen LogP contribution in [-0.2, 0) is 95.1 Å². The lowest BCUT2D eigenvalue weighted by Crippen LogP contribution is -2.45. The first kappa shape index (κ1) is 94.0. The zero-order valence-corrected chi connectivity index (χ0v) is 83.8. The third kappa shape index (κ3) is 14.1. The minimum atomic E-state index is -0.262. The van der Waals surface area contributed by atoms with Crippen molar-refractivity contribution in [1.29, 1.82) is 0 Å². The van der Waals surface area contributed by atoms with Crippen molar-refractivity contribution in [1.82, 2.24) is 0 Å². The Labute approximate surface area is 795 Å². The van der Waals surface area contributed by atoms with Gasteiger partial charge in [0.25, 0.3) is 0 Å². The van der Waals surface area contributed by atoms with Crippen LogP contribution in [0.1, 0.15) is 328 Å². The molecule has 12 saturated carbocycles. The summed E-state index contributed by atoms with van der Waals surface area (Å²) in [5.74, 6) is 23.6. The minimum absolute atomic E-state index is 0.00853. The van der Waals surface area contributed by atoms with Gasteiger partial charge in [-0.2, -0.15) is 0 Å². The van der Waals surface area contributed by atoms with Gasteiger partial charge in [0.15, 0.2) is 0 Å². The monoisotopic (exact) mass is 1850 g/mol. The van der Waals surface area contributed by atoms with E-state index in [4.69, 9.17) is 61.6 Å². The van der Waals surface area contributed by atoms with E-state index in [-0.39, 0.29) is 98.0 Å². The van der Waals surface area contributed by atoms with Crippen molar-refractivity contribution in [2.45, 2.75) is 401 Å². The molecule has 49 atom stereocenters. The van der Waals surface area contributed by atoms with Crippen molar-refractivity contribution in [2.75, 3.05) is 46.2 Å². The lowest BCUT2D eigenvalue weighted by molar-refractivity contribution is -0.151. The quantitative estimate of drug-likeness (QED) is 0.116. The summed E-state index contributed by atoms with van der Waals surface area (Å²) in [6.45, 7) is 36.6. The number of cyclic esters (lactones) is 7. The highest BCUT2D eigenvalue weighted by atomic mass is 16.6. The van der Waals surface area contributed by atoms with Crippen molar-refractivity contribution in [2.24, 2.45) is 215 Å². The van der Waals surface area contributed by atoms with Crippen molar-refractivity contribution in [3.05, 3.63) is 0 Å². The highest BCUT2D eigenvalue weighted by Crippen LogP contribution is 2.77. The molecule has 16 aliphatic heterocycles. The molecule has 20 heteroatoms. The van der Waals surface area contributed by atoms with Gasteiger partial charge in [0.2, 0.25) is 0 Å². The fraction of sp³-hybridized carbons (Fsp3) is 0.938. The molecule has 28 aliphatic rings. The van der Waals surface area contributed by atoms with Crippen LogP contribution < -0.4 is 0 Å². The van der Waals surface area contributed by atoms with E-state index in [0.717, 1.165) is 221 Å². The van der Waals surface area contributed by atoms with Crippen molar-refractivity contribution in [3.8, 4) is 0 Å². The summed E-state index contributed by atoms with van der Waals surface area (Å²) in [6, 6.07) is 0.